The number of nitrogens with one attached hydrogen (secondary N) is 1. The SMILES string of the molecule is CNCc1ccc(N(CCOC)CC(C)C)cc1Cl. The predicted octanol–water partition coefficient (Wildman–Crippen LogP) is 3.17. The van der Waals surface area contributed by atoms with Crippen molar-refractivity contribution in [3.8, 4) is 0 Å². The molecule has 0 unspecified atom stereocenters. The number of ether oxygens (including phenoxy) is 1. The highest BCUT2D eigenvalue weighted by atomic mass is 35.5. The Bertz CT molecular complexity index is 382. The summed E-state index contributed by atoms with van der Waals surface area (Å²) < 4.78 is 5.18. The molecule has 1 aromatic rings. The topological polar surface area (TPSA) is 24.5 Å². The molecule has 1 N–H and O–H groups in total. The van der Waals surface area contributed by atoms with Gasteiger partial charge in [0.2, 0.25) is 0 Å². The molecule has 0 radical (unpaired) electrons. The van der Waals surface area contributed by atoms with Crippen molar-refractivity contribution in [1.29, 1.82) is 0 Å². The van der Waals surface area contributed by atoms with Gasteiger partial charge in [-0.2, -0.15) is 0 Å². The molecule has 0 fully saturated rings. The second-order valence-corrected chi connectivity index (χ2v) is 5.55. The van der Waals surface area contributed by atoms with Crippen LogP contribution in [0.4, 0.5) is 5.69 Å². The lowest BCUT2D eigenvalue weighted by Crippen LogP contribution is -2.31. The lowest BCUT2D eigenvalue weighted by molar-refractivity contribution is 0.204. The van der Waals surface area contributed by atoms with Crippen LogP contribution in [-0.4, -0.2) is 33.9 Å². The molecule has 0 heterocycles. The van der Waals surface area contributed by atoms with E-state index in [0.717, 1.165) is 42.5 Å². The molecule has 0 spiro atoms. The first-order chi connectivity index (χ1) is 9.08. The van der Waals surface area contributed by atoms with Gasteiger partial charge >= 0.3 is 0 Å². The van der Waals surface area contributed by atoms with E-state index in [2.05, 4.69) is 36.2 Å². The van der Waals surface area contributed by atoms with Crippen LogP contribution in [0.5, 0.6) is 0 Å². The van der Waals surface area contributed by atoms with Gasteiger partial charge in [0.1, 0.15) is 0 Å². The number of hydrogen-bond acceptors (Lipinski definition) is 3. The molecule has 0 saturated carbocycles. The molecular formula is C15H25ClN2O. The highest BCUT2D eigenvalue weighted by molar-refractivity contribution is 6.31. The van der Waals surface area contributed by atoms with Crippen LogP contribution in [0.15, 0.2) is 18.2 Å². The molecule has 0 saturated heterocycles. The van der Waals surface area contributed by atoms with Crippen molar-refractivity contribution in [2.75, 3.05) is 38.8 Å². The third-order valence-corrected chi connectivity index (χ3v) is 3.27. The van der Waals surface area contributed by atoms with Crippen LogP contribution in [0.25, 0.3) is 0 Å². The molecule has 0 aliphatic carbocycles. The van der Waals surface area contributed by atoms with Crippen LogP contribution >= 0.6 is 11.6 Å². The summed E-state index contributed by atoms with van der Waals surface area (Å²) in [5, 5.41) is 3.94. The molecule has 0 aromatic heterocycles. The zero-order valence-electron chi connectivity index (χ0n) is 12.4. The fourth-order valence-electron chi connectivity index (χ4n) is 2.03. The predicted molar refractivity (Wildman–Crippen MR) is 83.1 cm³/mol. The van der Waals surface area contributed by atoms with E-state index in [-0.39, 0.29) is 0 Å². The molecule has 3 nitrogen and oxygen atoms in total. The molecule has 0 aliphatic heterocycles. The zero-order chi connectivity index (χ0) is 14.3. The van der Waals surface area contributed by atoms with Gasteiger partial charge in [0.15, 0.2) is 0 Å². The minimum absolute atomic E-state index is 0.604. The van der Waals surface area contributed by atoms with Gasteiger partial charge in [-0.3, -0.25) is 0 Å². The van der Waals surface area contributed by atoms with Gasteiger partial charge in [-0.05, 0) is 30.7 Å². The van der Waals surface area contributed by atoms with Crippen molar-refractivity contribution in [3.05, 3.63) is 28.8 Å². The standard InChI is InChI=1S/C15H25ClN2O/c1-12(2)11-18(7-8-19-4)14-6-5-13(10-17-3)15(16)9-14/h5-6,9,12,17H,7-8,10-11H2,1-4H3. The first kappa shape index (κ1) is 16.3. The maximum absolute atomic E-state index is 6.32. The van der Waals surface area contributed by atoms with E-state index in [1.54, 1.807) is 7.11 Å². The van der Waals surface area contributed by atoms with Gasteiger partial charge < -0.3 is 15.0 Å². The van der Waals surface area contributed by atoms with Crippen LogP contribution in [0.1, 0.15) is 19.4 Å². The fourth-order valence-corrected chi connectivity index (χ4v) is 2.28. The summed E-state index contributed by atoms with van der Waals surface area (Å²) in [5.74, 6) is 0.604. The Kier molecular flexibility index (Phi) is 7.21. The zero-order valence-corrected chi connectivity index (χ0v) is 13.1. The summed E-state index contributed by atoms with van der Waals surface area (Å²) >= 11 is 6.32. The first-order valence-corrected chi connectivity index (χ1v) is 7.13. The summed E-state index contributed by atoms with van der Waals surface area (Å²) in [6, 6.07) is 6.27. The molecule has 0 aliphatic rings. The Morgan fingerprint density at radius 1 is 1.37 bits per heavy atom. The largest absolute Gasteiger partial charge is 0.383 e. The van der Waals surface area contributed by atoms with Gasteiger partial charge in [-0.1, -0.05) is 31.5 Å². The average molecular weight is 285 g/mol. The maximum atomic E-state index is 6.32. The van der Waals surface area contributed by atoms with Crippen LogP contribution in [0.3, 0.4) is 0 Å². The Labute approximate surface area is 121 Å². The molecule has 0 bridgehead atoms. The van der Waals surface area contributed by atoms with Crippen molar-refractivity contribution >= 4 is 17.3 Å². The van der Waals surface area contributed by atoms with Crippen LogP contribution < -0.4 is 10.2 Å². The van der Waals surface area contributed by atoms with Crippen LogP contribution in [0.2, 0.25) is 5.02 Å². The molecule has 19 heavy (non-hydrogen) atoms. The number of hydrogen-bond donors (Lipinski definition) is 1. The number of anilines is 1. The highest BCUT2D eigenvalue weighted by Gasteiger charge is 2.10. The average Bonchev–Trinajstić information content (AvgIpc) is 2.36. The first-order valence-electron chi connectivity index (χ1n) is 6.75. The number of benzene rings is 1. The Hall–Kier alpha value is -0.770. The van der Waals surface area contributed by atoms with E-state index in [1.165, 1.54) is 0 Å². The Morgan fingerprint density at radius 3 is 2.63 bits per heavy atom. The third kappa shape index (κ3) is 5.39. The molecule has 108 valence electrons. The lowest BCUT2D eigenvalue weighted by atomic mass is 10.1. The van der Waals surface area contributed by atoms with Gasteiger partial charge in [0, 0.05) is 37.5 Å². The summed E-state index contributed by atoms with van der Waals surface area (Å²) in [5.41, 5.74) is 2.29. The Balaban J connectivity index is 2.85. The highest BCUT2D eigenvalue weighted by Crippen LogP contribution is 2.24. The van der Waals surface area contributed by atoms with Crippen LogP contribution in [-0.2, 0) is 11.3 Å². The number of halogens is 1. The van der Waals surface area contributed by atoms with E-state index in [9.17, 15) is 0 Å². The summed E-state index contributed by atoms with van der Waals surface area (Å²) in [6.07, 6.45) is 0. The monoisotopic (exact) mass is 284 g/mol. The van der Waals surface area contributed by atoms with Crippen molar-refractivity contribution in [1.82, 2.24) is 5.32 Å². The van der Waals surface area contributed by atoms with Crippen LogP contribution in [0, 0.1) is 5.92 Å². The normalized spacial score (nSPS) is 11.1. The molecule has 1 aromatic carbocycles. The van der Waals surface area contributed by atoms with Crippen molar-refractivity contribution in [2.45, 2.75) is 20.4 Å². The smallest absolute Gasteiger partial charge is 0.0637 e. The number of methoxy groups -OCH3 is 1. The van der Waals surface area contributed by atoms with Gasteiger partial charge in [0.25, 0.3) is 0 Å². The van der Waals surface area contributed by atoms with E-state index in [0.29, 0.717) is 5.92 Å². The molecule has 0 atom stereocenters. The van der Waals surface area contributed by atoms with Crippen molar-refractivity contribution in [3.63, 3.8) is 0 Å². The van der Waals surface area contributed by atoms with Gasteiger partial charge in [0.05, 0.1) is 6.61 Å². The van der Waals surface area contributed by atoms with Gasteiger partial charge in [-0.15, -0.1) is 0 Å². The van der Waals surface area contributed by atoms with Gasteiger partial charge in [-0.25, -0.2) is 0 Å². The third-order valence-electron chi connectivity index (χ3n) is 2.92. The Morgan fingerprint density at radius 2 is 2.11 bits per heavy atom. The van der Waals surface area contributed by atoms with E-state index >= 15 is 0 Å². The lowest BCUT2D eigenvalue weighted by Gasteiger charge is -2.27. The molecule has 4 heteroatoms. The second-order valence-electron chi connectivity index (χ2n) is 5.14. The summed E-state index contributed by atoms with van der Waals surface area (Å²) in [7, 11) is 3.66. The minimum Gasteiger partial charge on any atom is -0.383 e. The summed E-state index contributed by atoms with van der Waals surface area (Å²) in [6.45, 7) is 7.85. The molecule has 0 amide bonds. The van der Waals surface area contributed by atoms with E-state index < -0.39 is 0 Å². The van der Waals surface area contributed by atoms with E-state index in [4.69, 9.17) is 16.3 Å². The quantitative estimate of drug-likeness (QED) is 0.794. The fraction of sp³-hybridized carbons (Fsp3) is 0.600. The van der Waals surface area contributed by atoms with E-state index in [1.807, 2.05) is 13.1 Å². The second kappa shape index (κ2) is 8.41. The number of rotatable bonds is 8. The minimum atomic E-state index is 0.604. The van der Waals surface area contributed by atoms with Crippen molar-refractivity contribution in [2.24, 2.45) is 5.92 Å². The van der Waals surface area contributed by atoms with Crippen molar-refractivity contribution < 1.29 is 4.74 Å². The summed E-state index contributed by atoms with van der Waals surface area (Å²) in [4.78, 5) is 2.32. The molecular weight excluding hydrogens is 260 g/mol. The maximum Gasteiger partial charge on any atom is 0.0637 e. The molecule has 1 rings (SSSR count). The number of nitrogens with zero attached hydrogens (tertiary/aromatic N) is 1.